The van der Waals surface area contributed by atoms with Crippen molar-refractivity contribution < 1.29 is 4.79 Å². The molecule has 1 aromatic rings. The van der Waals surface area contributed by atoms with Gasteiger partial charge in [0.2, 0.25) is 0 Å². The number of pyridine rings is 1. The molecule has 0 N–H and O–H groups in total. The monoisotopic (exact) mass is 176 g/mol. The standard InChI is InChI=1S/C10H12N2O/c1-12-3-2-10-8(6-12)4-11-5-9(10)7-13/h4-5,7H,2-3,6H2,1H3. The molecule has 0 aromatic carbocycles. The van der Waals surface area contributed by atoms with E-state index < -0.39 is 0 Å². The van der Waals surface area contributed by atoms with Gasteiger partial charge in [-0.3, -0.25) is 9.78 Å². The minimum Gasteiger partial charge on any atom is -0.302 e. The SMILES string of the molecule is CN1CCc2c(C=O)cncc2C1. The minimum atomic E-state index is 0.755. The molecule has 13 heavy (non-hydrogen) atoms. The number of rotatable bonds is 1. The normalized spacial score (nSPS) is 16.7. The predicted octanol–water partition coefficient (Wildman–Crippen LogP) is 0.882. The van der Waals surface area contributed by atoms with Crippen molar-refractivity contribution in [1.82, 2.24) is 9.88 Å². The van der Waals surface area contributed by atoms with E-state index in [0.29, 0.717) is 0 Å². The van der Waals surface area contributed by atoms with Gasteiger partial charge >= 0.3 is 0 Å². The van der Waals surface area contributed by atoms with Crippen LogP contribution in [-0.2, 0) is 13.0 Å². The topological polar surface area (TPSA) is 33.2 Å². The van der Waals surface area contributed by atoms with Crippen molar-refractivity contribution in [3.05, 3.63) is 29.1 Å². The zero-order valence-electron chi connectivity index (χ0n) is 7.66. The van der Waals surface area contributed by atoms with Crippen LogP contribution in [0.4, 0.5) is 0 Å². The number of aldehydes is 1. The van der Waals surface area contributed by atoms with Gasteiger partial charge in [-0.2, -0.15) is 0 Å². The van der Waals surface area contributed by atoms with Crippen molar-refractivity contribution in [2.75, 3.05) is 13.6 Å². The number of carbonyl (C=O) groups excluding carboxylic acids is 1. The molecule has 0 saturated carbocycles. The summed E-state index contributed by atoms with van der Waals surface area (Å²) in [5.41, 5.74) is 3.13. The van der Waals surface area contributed by atoms with Gasteiger partial charge in [-0.15, -0.1) is 0 Å². The van der Waals surface area contributed by atoms with Crippen molar-refractivity contribution in [1.29, 1.82) is 0 Å². The van der Waals surface area contributed by atoms with E-state index in [1.54, 1.807) is 6.20 Å². The lowest BCUT2D eigenvalue weighted by Gasteiger charge is -2.25. The van der Waals surface area contributed by atoms with Crippen LogP contribution in [0.15, 0.2) is 12.4 Å². The molecule has 0 fully saturated rings. The predicted molar refractivity (Wildman–Crippen MR) is 49.7 cm³/mol. The summed E-state index contributed by atoms with van der Waals surface area (Å²) in [6.45, 7) is 1.93. The Hall–Kier alpha value is -1.22. The third-order valence-electron chi connectivity index (χ3n) is 2.49. The molecule has 2 heterocycles. The molecule has 2 rings (SSSR count). The van der Waals surface area contributed by atoms with E-state index in [1.807, 2.05) is 6.20 Å². The summed E-state index contributed by atoms with van der Waals surface area (Å²) in [7, 11) is 2.08. The Morgan fingerprint density at radius 2 is 2.38 bits per heavy atom. The molecule has 0 saturated heterocycles. The Balaban J connectivity index is 2.45. The van der Waals surface area contributed by atoms with Crippen LogP contribution < -0.4 is 0 Å². The molecule has 0 spiro atoms. The highest BCUT2D eigenvalue weighted by Gasteiger charge is 2.15. The highest BCUT2D eigenvalue weighted by atomic mass is 16.1. The van der Waals surface area contributed by atoms with Crippen molar-refractivity contribution in [3.63, 3.8) is 0 Å². The second kappa shape index (κ2) is 3.26. The average molecular weight is 176 g/mol. The van der Waals surface area contributed by atoms with E-state index in [2.05, 4.69) is 16.9 Å². The molecule has 0 radical (unpaired) electrons. The Kier molecular flexibility index (Phi) is 2.10. The largest absolute Gasteiger partial charge is 0.302 e. The molecule has 3 nitrogen and oxygen atoms in total. The van der Waals surface area contributed by atoms with E-state index in [9.17, 15) is 4.79 Å². The Morgan fingerprint density at radius 1 is 1.54 bits per heavy atom. The maximum atomic E-state index is 10.7. The molecule has 0 unspecified atom stereocenters. The van der Waals surface area contributed by atoms with E-state index in [4.69, 9.17) is 0 Å². The quantitative estimate of drug-likeness (QED) is 0.595. The zero-order chi connectivity index (χ0) is 9.26. The van der Waals surface area contributed by atoms with Gasteiger partial charge in [-0.25, -0.2) is 0 Å². The average Bonchev–Trinajstić information content (AvgIpc) is 2.16. The smallest absolute Gasteiger partial charge is 0.151 e. The summed E-state index contributed by atoms with van der Waals surface area (Å²) in [5, 5.41) is 0. The molecule has 3 heteroatoms. The lowest BCUT2D eigenvalue weighted by Crippen LogP contribution is -2.27. The Morgan fingerprint density at radius 3 is 3.15 bits per heavy atom. The molecular weight excluding hydrogens is 164 g/mol. The summed E-state index contributed by atoms with van der Waals surface area (Å²) in [6.07, 6.45) is 5.37. The third-order valence-corrected chi connectivity index (χ3v) is 2.49. The fourth-order valence-electron chi connectivity index (χ4n) is 1.76. The van der Waals surface area contributed by atoms with Gasteiger partial charge in [0.15, 0.2) is 6.29 Å². The Bertz CT molecular complexity index is 336. The maximum absolute atomic E-state index is 10.7. The van der Waals surface area contributed by atoms with Crippen LogP contribution in [0.25, 0.3) is 0 Å². The van der Waals surface area contributed by atoms with Crippen LogP contribution in [0.5, 0.6) is 0 Å². The molecule has 0 bridgehead atoms. The number of fused-ring (bicyclic) bond motifs is 1. The molecule has 1 aromatic heterocycles. The van der Waals surface area contributed by atoms with Crippen molar-refractivity contribution in [2.24, 2.45) is 0 Å². The van der Waals surface area contributed by atoms with E-state index in [0.717, 1.165) is 31.4 Å². The summed E-state index contributed by atoms with van der Waals surface area (Å²) < 4.78 is 0. The van der Waals surface area contributed by atoms with Crippen molar-refractivity contribution in [3.8, 4) is 0 Å². The van der Waals surface area contributed by atoms with Gasteiger partial charge in [-0.1, -0.05) is 0 Å². The maximum Gasteiger partial charge on any atom is 0.151 e. The van der Waals surface area contributed by atoms with Crippen LogP contribution in [-0.4, -0.2) is 29.8 Å². The second-order valence-electron chi connectivity index (χ2n) is 3.47. The zero-order valence-corrected chi connectivity index (χ0v) is 7.66. The molecular formula is C10H12N2O. The minimum absolute atomic E-state index is 0.755. The number of aromatic nitrogens is 1. The molecule has 1 aliphatic rings. The van der Waals surface area contributed by atoms with Crippen LogP contribution in [0.1, 0.15) is 21.5 Å². The first-order chi connectivity index (χ1) is 6.31. The highest BCUT2D eigenvalue weighted by molar-refractivity contribution is 5.77. The van der Waals surface area contributed by atoms with E-state index in [1.165, 1.54) is 11.1 Å². The van der Waals surface area contributed by atoms with Gasteiger partial charge in [0.25, 0.3) is 0 Å². The molecule has 68 valence electrons. The van der Waals surface area contributed by atoms with Gasteiger partial charge in [0, 0.05) is 31.0 Å². The lowest BCUT2D eigenvalue weighted by molar-refractivity contribution is 0.112. The molecule has 1 aliphatic heterocycles. The number of hydrogen-bond acceptors (Lipinski definition) is 3. The summed E-state index contributed by atoms with van der Waals surface area (Å²) in [4.78, 5) is 17.0. The van der Waals surface area contributed by atoms with Crippen LogP contribution in [0, 0.1) is 0 Å². The van der Waals surface area contributed by atoms with Crippen LogP contribution >= 0.6 is 0 Å². The first kappa shape index (κ1) is 8.38. The fourth-order valence-corrected chi connectivity index (χ4v) is 1.76. The van der Waals surface area contributed by atoms with Gasteiger partial charge < -0.3 is 4.90 Å². The first-order valence-corrected chi connectivity index (χ1v) is 4.40. The summed E-state index contributed by atoms with van der Waals surface area (Å²) in [6, 6.07) is 0. The van der Waals surface area contributed by atoms with E-state index in [-0.39, 0.29) is 0 Å². The van der Waals surface area contributed by atoms with Gasteiger partial charge in [0.05, 0.1) is 0 Å². The summed E-state index contributed by atoms with van der Waals surface area (Å²) in [5.74, 6) is 0. The van der Waals surface area contributed by atoms with E-state index >= 15 is 0 Å². The molecule has 0 aliphatic carbocycles. The van der Waals surface area contributed by atoms with Crippen LogP contribution in [0.3, 0.4) is 0 Å². The van der Waals surface area contributed by atoms with Crippen molar-refractivity contribution >= 4 is 6.29 Å². The van der Waals surface area contributed by atoms with Crippen LogP contribution in [0.2, 0.25) is 0 Å². The highest BCUT2D eigenvalue weighted by Crippen LogP contribution is 2.19. The third kappa shape index (κ3) is 1.47. The Labute approximate surface area is 77.4 Å². The lowest BCUT2D eigenvalue weighted by atomic mass is 9.98. The first-order valence-electron chi connectivity index (χ1n) is 4.40. The van der Waals surface area contributed by atoms with Gasteiger partial charge in [0.1, 0.15) is 0 Å². The van der Waals surface area contributed by atoms with Crippen molar-refractivity contribution in [2.45, 2.75) is 13.0 Å². The fraction of sp³-hybridized carbons (Fsp3) is 0.400. The second-order valence-corrected chi connectivity index (χ2v) is 3.47. The molecule has 0 amide bonds. The summed E-state index contributed by atoms with van der Waals surface area (Å²) >= 11 is 0. The number of hydrogen-bond donors (Lipinski definition) is 0. The van der Waals surface area contributed by atoms with Gasteiger partial charge in [-0.05, 0) is 24.6 Å². The number of nitrogens with zero attached hydrogens (tertiary/aromatic N) is 2. The molecule has 0 atom stereocenters. The number of likely N-dealkylation sites (N-methyl/N-ethyl adjacent to an activating group) is 1. The number of carbonyl (C=O) groups is 1.